The number of methoxy groups -OCH3 is 1. The third-order valence-electron chi connectivity index (χ3n) is 2.73. The van der Waals surface area contributed by atoms with Crippen LogP contribution in [0.3, 0.4) is 0 Å². The molecule has 0 bridgehead atoms. The van der Waals surface area contributed by atoms with Gasteiger partial charge in [-0.25, -0.2) is 0 Å². The maximum absolute atomic E-state index is 6.13. The molecule has 17 heavy (non-hydrogen) atoms. The van der Waals surface area contributed by atoms with Gasteiger partial charge in [0.15, 0.2) is 11.2 Å². The summed E-state index contributed by atoms with van der Waals surface area (Å²) in [5.41, 5.74) is 1.45. The maximum atomic E-state index is 6.13. The van der Waals surface area contributed by atoms with Gasteiger partial charge in [0.25, 0.3) is 0 Å². The zero-order chi connectivity index (χ0) is 12.0. The van der Waals surface area contributed by atoms with Crippen LogP contribution in [0.15, 0.2) is 39.2 Å². The number of ether oxygens (including phenoxy) is 1. The average molecular weight is 312 g/mol. The summed E-state index contributed by atoms with van der Waals surface area (Å²) in [6, 6.07) is 9.49. The second-order valence-corrected chi connectivity index (χ2v) is 4.93. The van der Waals surface area contributed by atoms with Crippen LogP contribution in [0.4, 0.5) is 0 Å². The number of fused-ring (bicyclic) bond motifs is 3. The van der Waals surface area contributed by atoms with E-state index in [-0.39, 0.29) is 0 Å². The molecule has 0 aliphatic carbocycles. The molecule has 1 heterocycles. The van der Waals surface area contributed by atoms with Gasteiger partial charge in [0.05, 0.1) is 22.0 Å². The van der Waals surface area contributed by atoms with Crippen LogP contribution >= 0.6 is 27.5 Å². The Hall–Kier alpha value is -1.19. The van der Waals surface area contributed by atoms with Crippen LogP contribution in [0.25, 0.3) is 21.9 Å². The number of halogens is 2. The summed E-state index contributed by atoms with van der Waals surface area (Å²) in [7, 11) is 1.64. The largest absolute Gasteiger partial charge is 0.496 e. The van der Waals surface area contributed by atoms with Gasteiger partial charge in [0.1, 0.15) is 5.75 Å². The Morgan fingerprint density at radius 3 is 2.76 bits per heavy atom. The Kier molecular flexibility index (Phi) is 2.53. The Labute approximate surface area is 111 Å². The molecular weight excluding hydrogens is 303 g/mol. The lowest BCUT2D eigenvalue weighted by Gasteiger charge is -2.01. The lowest BCUT2D eigenvalue weighted by molar-refractivity contribution is 0.419. The van der Waals surface area contributed by atoms with Gasteiger partial charge in [-0.3, -0.25) is 0 Å². The molecule has 0 unspecified atom stereocenters. The summed E-state index contributed by atoms with van der Waals surface area (Å²) in [5.74, 6) is 0.782. The van der Waals surface area contributed by atoms with Crippen LogP contribution in [0.5, 0.6) is 5.75 Å². The van der Waals surface area contributed by atoms with Crippen molar-refractivity contribution in [2.45, 2.75) is 0 Å². The maximum Gasteiger partial charge on any atom is 0.154 e. The molecule has 0 aliphatic heterocycles. The third-order valence-corrected chi connectivity index (χ3v) is 3.65. The van der Waals surface area contributed by atoms with Gasteiger partial charge in [0, 0.05) is 5.39 Å². The number of benzene rings is 2. The molecule has 0 N–H and O–H groups in total. The van der Waals surface area contributed by atoms with Crippen LogP contribution in [0.1, 0.15) is 0 Å². The van der Waals surface area contributed by atoms with Gasteiger partial charge < -0.3 is 9.15 Å². The first-order chi connectivity index (χ1) is 8.22. The Morgan fingerprint density at radius 2 is 2.00 bits per heavy atom. The molecule has 0 amide bonds. The van der Waals surface area contributed by atoms with E-state index in [1.807, 2.05) is 30.3 Å². The fourth-order valence-electron chi connectivity index (χ4n) is 1.98. The minimum absolute atomic E-state index is 0.604. The summed E-state index contributed by atoms with van der Waals surface area (Å²) in [6.07, 6.45) is 0. The van der Waals surface area contributed by atoms with Crippen molar-refractivity contribution in [2.24, 2.45) is 0 Å². The van der Waals surface area contributed by atoms with E-state index in [1.54, 1.807) is 7.11 Å². The lowest BCUT2D eigenvalue weighted by atomic mass is 10.1. The first-order valence-electron chi connectivity index (χ1n) is 5.05. The molecule has 2 aromatic carbocycles. The first kappa shape index (κ1) is 10.9. The molecule has 2 nitrogen and oxygen atoms in total. The number of rotatable bonds is 1. The van der Waals surface area contributed by atoms with Crippen molar-refractivity contribution in [2.75, 3.05) is 7.11 Å². The number of furan rings is 1. The smallest absolute Gasteiger partial charge is 0.154 e. The quantitative estimate of drug-likeness (QED) is 0.630. The standard InChI is InChI=1S/C13H8BrClO2/c1-16-10-6-5-8(14)13-11(10)7-3-2-4-9(15)12(7)17-13/h2-6H,1H3. The Balaban J connectivity index is 2.60. The second kappa shape index (κ2) is 3.93. The van der Waals surface area contributed by atoms with Gasteiger partial charge in [0.2, 0.25) is 0 Å². The van der Waals surface area contributed by atoms with Crippen molar-refractivity contribution in [1.82, 2.24) is 0 Å². The Bertz CT molecular complexity index is 718. The van der Waals surface area contributed by atoms with E-state index in [4.69, 9.17) is 20.8 Å². The highest BCUT2D eigenvalue weighted by Gasteiger charge is 2.15. The molecule has 1 aromatic heterocycles. The van der Waals surface area contributed by atoms with Gasteiger partial charge in [-0.2, -0.15) is 0 Å². The van der Waals surface area contributed by atoms with E-state index in [2.05, 4.69) is 15.9 Å². The van der Waals surface area contributed by atoms with E-state index in [1.165, 1.54) is 0 Å². The number of hydrogen-bond acceptors (Lipinski definition) is 2. The molecule has 86 valence electrons. The summed E-state index contributed by atoms with van der Waals surface area (Å²) < 4.78 is 12.1. The predicted molar refractivity (Wildman–Crippen MR) is 73.0 cm³/mol. The summed E-state index contributed by atoms with van der Waals surface area (Å²) in [6.45, 7) is 0. The summed E-state index contributed by atoms with van der Waals surface area (Å²) in [5, 5.41) is 2.51. The normalized spacial score (nSPS) is 11.2. The minimum atomic E-state index is 0.604. The number of hydrogen-bond donors (Lipinski definition) is 0. The van der Waals surface area contributed by atoms with Gasteiger partial charge in [-0.05, 0) is 34.1 Å². The Morgan fingerprint density at radius 1 is 1.18 bits per heavy atom. The van der Waals surface area contributed by atoms with Crippen LogP contribution in [-0.2, 0) is 0 Å². The SMILES string of the molecule is COc1ccc(Br)c2oc3c(Cl)cccc3c12. The molecular formula is C13H8BrClO2. The topological polar surface area (TPSA) is 22.4 Å². The third kappa shape index (κ3) is 1.53. The number of para-hydroxylation sites is 1. The average Bonchev–Trinajstić information content (AvgIpc) is 2.72. The second-order valence-electron chi connectivity index (χ2n) is 3.67. The van der Waals surface area contributed by atoms with Gasteiger partial charge in [-0.1, -0.05) is 23.7 Å². The van der Waals surface area contributed by atoms with Crippen molar-refractivity contribution in [3.63, 3.8) is 0 Å². The zero-order valence-corrected chi connectivity index (χ0v) is 11.3. The zero-order valence-electron chi connectivity index (χ0n) is 8.96. The molecule has 0 fully saturated rings. The minimum Gasteiger partial charge on any atom is -0.496 e. The molecule has 0 radical (unpaired) electrons. The highest BCUT2D eigenvalue weighted by Crippen LogP contribution is 2.41. The van der Waals surface area contributed by atoms with Crippen LogP contribution in [0.2, 0.25) is 5.02 Å². The summed E-state index contributed by atoms with van der Waals surface area (Å²) >= 11 is 9.60. The monoisotopic (exact) mass is 310 g/mol. The highest BCUT2D eigenvalue weighted by molar-refractivity contribution is 9.10. The van der Waals surface area contributed by atoms with Gasteiger partial charge >= 0.3 is 0 Å². The molecule has 3 rings (SSSR count). The van der Waals surface area contributed by atoms with E-state index in [0.29, 0.717) is 10.6 Å². The van der Waals surface area contributed by atoms with Crippen LogP contribution in [0, 0.1) is 0 Å². The highest BCUT2D eigenvalue weighted by atomic mass is 79.9. The molecule has 0 aliphatic rings. The molecule has 0 saturated heterocycles. The lowest BCUT2D eigenvalue weighted by Crippen LogP contribution is -1.83. The van der Waals surface area contributed by atoms with E-state index in [9.17, 15) is 0 Å². The molecule has 0 spiro atoms. The first-order valence-corrected chi connectivity index (χ1v) is 6.22. The van der Waals surface area contributed by atoms with Crippen molar-refractivity contribution >= 4 is 49.5 Å². The fourth-order valence-corrected chi connectivity index (χ4v) is 2.60. The van der Waals surface area contributed by atoms with Gasteiger partial charge in [-0.15, -0.1) is 0 Å². The molecule has 0 atom stereocenters. The van der Waals surface area contributed by atoms with Crippen molar-refractivity contribution in [3.8, 4) is 5.75 Å². The van der Waals surface area contributed by atoms with Crippen molar-refractivity contribution in [1.29, 1.82) is 0 Å². The van der Waals surface area contributed by atoms with E-state index >= 15 is 0 Å². The molecule has 0 saturated carbocycles. The van der Waals surface area contributed by atoms with Crippen molar-refractivity contribution in [3.05, 3.63) is 39.8 Å². The van der Waals surface area contributed by atoms with E-state index < -0.39 is 0 Å². The molecule has 4 heteroatoms. The molecule has 3 aromatic rings. The fraction of sp³-hybridized carbons (Fsp3) is 0.0769. The predicted octanol–water partition coefficient (Wildman–Crippen LogP) is 5.01. The van der Waals surface area contributed by atoms with E-state index in [0.717, 1.165) is 26.6 Å². The summed E-state index contributed by atoms with van der Waals surface area (Å²) in [4.78, 5) is 0. The van der Waals surface area contributed by atoms with Crippen molar-refractivity contribution < 1.29 is 9.15 Å². The van der Waals surface area contributed by atoms with Crippen LogP contribution < -0.4 is 4.74 Å². The van der Waals surface area contributed by atoms with Crippen LogP contribution in [-0.4, -0.2) is 7.11 Å².